The molecule has 0 atom stereocenters. The fourth-order valence-electron chi connectivity index (χ4n) is 1.56. The molecular weight excluding hydrogens is 208 g/mol. The highest BCUT2D eigenvalue weighted by Crippen LogP contribution is 2.22. The summed E-state index contributed by atoms with van der Waals surface area (Å²) in [4.78, 5) is 10.9. The molecule has 1 heterocycles. The quantitative estimate of drug-likeness (QED) is 0.818. The molecule has 2 rings (SSSR count). The lowest BCUT2D eigenvalue weighted by molar-refractivity contribution is -0.114. The molecular formula is C11H12N2O3. The Morgan fingerprint density at radius 3 is 3.06 bits per heavy atom. The molecule has 0 aliphatic carbocycles. The van der Waals surface area contributed by atoms with E-state index >= 15 is 0 Å². The van der Waals surface area contributed by atoms with E-state index < -0.39 is 0 Å². The molecule has 1 aromatic heterocycles. The average molecular weight is 220 g/mol. The third-order valence-electron chi connectivity index (χ3n) is 2.21. The summed E-state index contributed by atoms with van der Waals surface area (Å²) in [5, 5.41) is 16.2. The molecule has 1 aromatic carbocycles. The van der Waals surface area contributed by atoms with Crippen molar-refractivity contribution in [3.63, 3.8) is 0 Å². The number of nitrogens with zero attached hydrogens (tertiary/aromatic N) is 1. The Hall–Kier alpha value is -1.88. The number of aromatic nitrogens is 1. The zero-order chi connectivity index (χ0) is 11.5. The minimum absolute atomic E-state index is 0.0198. The van der Waals surface area contributed by atoms with E-state index in [2.05, 4.69) is 10.5 Å². The molecule has 0 saturated carbocycles. The van der Waals surface area contributed by atoms with Crippen LogP contribution in [0.5, 0.6) is 0 Å². The van der Waals surface area contributed by atoms with Crippen LogP contribution in [0.4, 0.5) is 5.69 Å². The molecule has 5 nitrogen and oxygen atoms in total. The van der Waals surface area contributed by atoms with Crippen molar-refractivity contribution in [2.75, 3.05) is 11.9 Å². The second-order valence-electron chi connectivity index (χ2n) is 3.49. The Kier molecular flexibility index (Phi) is 2.87. The van der Waals surface area contributed by atoms with E-state index in [1.807, 2.05) is 0 Å². The number of nitrogens with one attached hydrogen (secondary N) is 1. The van der Waals surface area contributed by atoms with E-state index in [4.69, 9.17) is 9.63 Å². The number of anilines is 1. The van der Waals surface area contributed by atoms with Crippen LogP contribution in [-0.4, -0.2) is 22.8 Å². The van der Waals surface area contributed by atoms with Gasteiger partial charge in [0.05, 0.1) is 5.69 Å². The number of carbonyl (C=O) groups is 1. The number of fused-ring (bicyclic) bond motifs is 1. The van der Waals surface area contributed by atoms with Gasteiger partial charge in [-0.2, -0.15) is 0 Å². The summed E-state index contributed by atoms with van der Waals surface area (Å²) in [6.45, 7) is 1.47. The van der Waals surface area contributed by atoms with Gasteiger partial charge in [-0.15, -0.1) is 0 Å². The minimum Gasteiger partial charge on any atom is -0.396 e. The van der Waals surface area contributed by atoms with Crippen LogP contribution in [0.15, 0.2) is 22.7 Å². The van der Waals surface area contributed by atoms with Crippen LogP contribution in [0, 0.1) is 0 Å². The van der Waals surface area contributed by atoms with E-state index in [1.54, 1.807) is 18.2 Å². The number of hydrogen-bond donors (Lipinski definition) is 2. The average Bonchev–Trinajstić information content (AvgIpc) is 2.61. The minimum atomic E-state index is -0.125. The Morgan fingerprint density at radius 2 is 2.38 bits per heavy atom. The van der Waals surface area contributed by atoms with Gasteiger partial charge in [0, 0.05) is 31.0 Å². The summed E-state index contributed by atoms with van der Waals surface area (Å²) in [6.07, 6.45) is 0.441. The highest BCUT2D eigenvalue weighted by molar-refractivity contribution is 5.92. The molecule has 0 spiro atoms. The lowest BCUT2D eigenvalue weighted by atomic mass is 10.1. The standard InChI is InChI=1S/C11H12N2O3/c1-7(15)12-8-2-3-11-9(6-8)10(4-5-14)13-16-11/h2-3,6,14H,4-5H2,1H3,(H,12,15). The van der Waals surface area contributed by atoms with Crippen molar-refractivity contribution >= 4 is 22.6 Å². The number of carbonyl (C=O) groups excluding carboxylic acids is 1. The molecule has 5 heteroatoms. The second-order valence-corrected chi connectivity index (χ2v) is 3.49. The number of rotatable bonds is 3. The molecule has 1 amide bonds. The van der Waals surface area contributed by atoms with E-state index in [9.17, 15) is 4.79 Å². The van der Waals surface area contributed by atoms with Gasteiger partial charge in [0.2, 0.25) is 5.91 Å². The zero-order valence-electron chi connectivity index (χ0n) is 8.86. The van der Waals surface area contributed by atoms with Crippen LogP contribution < -0.4 is 5.32 Å². The van der Waals surface area contributed by atoms with Crippen LogP contribution in [-0.2, 0) is 11.2 Å². The van der Waals surface area contributed by atoms with Crippen molar-refractivity contribution in [1.29, 1.82) is 0 Å². The van der Waals surface area contributed by atoms with Crippen molar-refractivity contribution in [1.82, 2.24) is 5.16 Å². The fourth-order valence-corrected chi connectivity index (χ4v) is 1.56. The van der Waals surface area contributed by atoms with Gasteiger partial charge in [-0.1, -0.05) is 5.16 Å². The molecule has 0 unspecified atom stereocenters. The first-order valence-electron chi connectivity index (χ1n) is 4.97. The largest absolute Gasteiger partial charge is 0.396 e. The van der Waals surface area contributed by atoms with Crippen molar-refractivity contribution < 1.29 is 14.4 Å². The van der Waals surface area contributed by atoms with Gasteiger partial charge in [-0.3, -0.25) is 4.79 Å². The Bertz CT molecular complexity index is 519. The first-order valence-corrected chi connectivity index (χ1v) is 4.97. The molecule has 2 aromatic rings. The number of benzene rings is 1. The third-order valence-corrected chi connectivity index (χ3v) is 2.21. The number of amides is 1. The van der Waals surface area contributed by atoms with Crippen LogP contribution in [0.25, 0.3) is 11.0 Å². The Balaban J connectivity index is 2.41. The first-order chi connectivity index (χ1) is 7.70. The number of hydrogen-bond acceptors (Lipinski definition) is 4. The van der Waals surface area contributed by atoms with Crippen LogP contribution in [0.3, 0.4) is 0 Å². The van der Waals surface area contributed by atoms with E-state index in [-0.39, 0.29) is 12.5 Å². The molecule has 0 aliphatic rings. The van der Waals surface area contributed by atoms with Gasteiger partial charge in [0.1, 0.15) is 0 Å². The first kappa shape index (κ1) is 10.6. The SMILES string of the molecule is CC(=O)Nc1ccc2onc(CCO)c2c1. The van der Waals surface area contributed by atoms with Gasteiger partial charge >= 0.3 is 0 Å². The maximum Gasteiger partial charge on any atom is 0.221 e. The molecule has 0 bridgehead atoms. The predicted octanol–water partition coefficient (Wildman–Crippen LogP) is 1.32. The lowest BCUT2D eigenvalue weighted by Crippen LogP contribution is -2.05. The zero-order valence-corrected chi connectivity index (χ0v) is 8.86. The van der Waals surface area contributed by atoms with Crippen LogP contribution in [0.2, 0.25) is 0 Å². The van der Waals surface area contributed by atoms with Crippen molar-refractivity contribution in [2.24, 2.45) is 0 Å². The highest BCUT2D eigenvalue weighted by atomic mass is 16.5. The molecule has 0 radical (unpaired) electrons. The fraction of sp³-hybridized carbons (Fsp3) is 0.273. The van der Waals surface area contributed by atoms with E-state index in [0.29, 0.717) is 23.4 Å². The van der Waals surface area contributed by atoms with E-state index in [0.717, 1.165) is 5.39 Å². The molecule has 0 aliphatic heterocycles. The smallest absolute Gasteiger partial charge is 0.221 e. The number of aliphatic hydroxyl groups excluding tert-OH is 1. The molecule has 0 fully saturated rings. The summed E-state index contributed by atoms with van der Waals surface area (Å²) >= 11 is 0. The van der Waals surface area contributed by atoms with Gasteiger partial charge in [-0.25, -0.2) is 0 Å². The Labute approximate surface area is 92.0 Å². The topological polar surface area (TPSA) is 75.4 Å². The summed E-state index contributed by atoms with van der Waals surface area (Å²) in [5.74, 6) is -0.125. The van der Waals surface area contributed by atoms with Gasteiger partial charge in [-0.05, 0) is 18.2 Å². The summed E-state index contributed by atoms with van der Waals surface area (Å²) in [6, 6.07) is 5.28. The molecule has 84 valence electrons. The Morgan fingerprint density at radius 1 is 1.56 bits per heavy atom. The summed E-state index contributed by atoms with van der Waals surface area (Å²) in [7, 11) is 0. The van der Waals surface area contributed by atoms with Gasteiger partial charge < -0.3 is 14.9 Å². The van der Waals surface area contributed by atoms with Gasteiger partial charge in [0.15, 0.2) is 5.58 Å². The highest BCUT2D eigenvalue weighted by Gasteiger charge is 2.08. The second kappa shape index (κ2) is 4.32. The van der Waals surface area contributed by atoms with Crippen LogP contribution in [0.1, 0.15) is 12.6 Å². The monoisotopic (exact) mass is 220 g/mol. The number of aliphatic hydroxyl groups is 1. The summed E-state index contributed by atoms with van der Waals surface area (Å²) in [5.41, 5.74) is 2.05. The van der Waals surface area contributed by atoms with Crippen molar-refractivity contribution in [2.45, 2.75) is 13.3 Å². The van der Waals surface area contributed by atoms with Crippen molar-refractivity contribution in [3.8, 4) is 0 Å². The maximum absolute atomic E-state index is 10.9. The molecule has 16 heavy (non-hydrogen) atoms. The molecule has 2 N–H and O–H groups in total. The maximum atomic E-state index is 10.9. The van der Waals surface area contributed by atoms with E-state index in [1.165, 1.54) is 6.92 Å². The third kappa shape index (κ3) is 2.04. The predicted molar refractivity (Wildman–Crippen MR) is 59.1 cm³/mol. The normalized spacial score (nSPS) is 10.6. The van der Waals surface area contributed by atoms with Crippen LogP contribution >= 0.6 is 0 Å². The molecule has 0 saturated heterocycles. The van der Waals surface area contributed by atoms with Gasteiger partial charge in [0.25, 0.3) is 0 Å². The summed E-state index contributed by atoms with van der Waals surface area (Å²) < 4.78 is 5.09. The van der Waals surface area contributed by atoms with Crippen molar-refractivity contribution in [3.05, 3.63) is 23.9 Å². The lowest BCUT2D eigenvalue weighted by Gasteiger charge is -2.01.